The lowest BCUT2D eigenvalue weighted by molar-refractivity contribution is 0.288. The summed E-state index contributed by atoms with van der Waals surface area (Å²) in [6.45, 7) is 4.41. The van der Waals surface area contributed by atoms with Crippen LogP contribution >= 0.6 is 12.2 Å². The Morgan fingerprint density at radius 3 is 2.50 bits per heavy atom. The molecule has 1 saturated carbocycles. The number of nitrogens with zero attached hydrogens (tertiary/aromatic N) is 1. The van der Waals surface area contributed by atoms with Gasteiger partial charge in [0.25, 0.3) is 0 Å². The molecule has 0 amide bonds. The summed E-state index contributed by atoms with van der Waals surface area (Å²) in [4.78, 5) is 3.19. The highest BCUT2D eigenvalue weighted by atomic mass is 32.1. The lowest BCUT2D eigenvalue weighted by Gasteiger charge is -2.27. The summed E-state index contributed by atoms with van der Waals surface area (Å²) in [6.07, 6.45) is 7.41. The van der Waals surface area contributed by atoms with Gasteiger partial charge in [0, 0.05) is 17.9 Å². The van der Waals surface area contributed by atoms with Gasteiger partial charge in [-0.2, -0.15) is 0 Å². The Morgan fingerprint density at radius 2 is 2.00 bits per heavy atom. The monoisotopic (exact) mass is 210 g/mol. The van der Waals surface area contributed by atoms with E-state index in [1.807, 2.05) is 0 Å². The van der Waals surface area contributed by atoms with Crippen LogP contribution in [-0.2, 0) is 0 Å². The fourth-order valence-electron chi connectivity index (χ4n) is 2.32. The number of hydrogen-bond acceptors (Lipinski definition) is 1. The largest absolute Gasteiger partial charge is 0.335 e. The van der Waals surface area contributed by atoms with Gasteiger partial charge in [-0.05, 0) is 50.7 Å². The van der Waals surface area contributed by atoms with Gasteiger partial charge in [-0.3, -0.25) is 0 Å². The normalized spacial score (nSPS) is 27.9. The van der Waals surface area contributed by atoms with Crippen LogP contribution in [0.15, 0.2) is 6.20 Å². The van der Waals surface area contributed by atoms with Crippen LogP contribution in [-0.4, -0.2) is 9.55 Å². The smallest absolute Gasteiger partial charge is 0.177 e. The summed E-state index contributed by atoms with van der Waals surface area (Å²) in [5.74, 6) is 0.903. The number of imidazole rings is 1. The average molecular weight is 210 g/mol. The molecule has 0 saturated heterocycles. The minimum atomic E-state index is 0.642. The van der Waals surface area contributed by atoms with Crippen LogP contribution in [0, 0.1) is 17.6 Å². The zero-order chi connectivity index (χ0) is 10.1. The van der Waals surface area contributed by atoms with Crippen molar-refractivity contribution < 1.29 is 0 Å². The van der Waals surface area contributed by atoms with Crippen LogP contribution in [0.3, 0.4) is 0 Å². The van der Waals surface area contributed by atoms with Crippen LogP contribution in [0.1, 0.15) is 44.3 Å². The van der Waals surface area contributed by atoms with E-state index in [9.17, 15) is 0 Å². The van der Waals surface area contributed by atoms with Gasteiger partial charge in [0.15, 0.2) is 4.77 Å². The van der Waals surface area contributed by atoms with Gasteiger partial charge in [0.05, 0.1) is 0 Å². The molecule has 3 heteroatoms. The van der Waals surface area contributed by atoms with Gasteiger partial charge in [0.1, 0.15) is 0 Å². The zero-order valence-corrected chi connectivity index (χ0v) is 9.73. The molecule has 0 unspecified atom stereocenters. The molecule has 0 aliphatic heterocycles. The van der Waals surface area contributed by atoms with Gasteiger partial charge in [-0.1, -0.05) is 6.92 Å². The molecule has 2 rings (SSSR count). The lowest BCUT2D eigenvalue weighted by atomic mass is 9.87. The van der Waals surface area contributed by atoms with Crippen molar-refractivity contribution in [2.75, 3.05) is 0 Å². The highest BCUT2D eigenvalue weighted by Crippen LogP contribution is 2.31. The third-order valence-corrected chi connectivity index (χ3v) is 3.56. The van der Waals surface area contributed by atoms with Crippen molar-refractivity contribution in [3.05, 3.63) is 16.7 Å². The van der Waals surface area contributed by atoms with E-state index in [2.05, 4.69) is 29.6 Å². The van der Waals surface area contributed by atoms with E-state index in [1.54, 1.807) is 0 Å². The first-order valence-corrected chi connectivity index (χ1v) is 5.85. The van der Waals surface area contributed by atoms with Gasteiger partial charge in [-0.25, -0.2) is 0 Å². The predicted octanol–water partition coefficient (Wildman–Crippen LogP) is 3.61. The fourth-order valence-corrected chi connectivity index (χ4v) is 2.69. The molecular weight excluding hydrogens is 192 g/mol. The van der Waals surface area contributed by atoms with Crippen LogP contribution in [0.4, 0.5) is 0 Å². The minimum Gasteiger partial charge on any atom is -0.335 e. The molecule has 0 atom stereocenters. The Morgan fingerprint density at radius 1 is 1.36 bits per heavy atom. The molecule has 1 heterocycles. The van der Waals surface area contributed by atoms with Crippen molar-refractivity contribution >= 4 is 12.2 Å². The third kappa shape index (κ3) is 1.92. The molecule has 1 N–H and O–H groups in total. The van der Waals surface area contributed by atoms with Crippen LogP contribution in [0.25, 0.3) is 0 Å². The number of aromatic amines is 1. The number of aromatic nitrogens is 2. The Balaban J connectivity index is 2.16. The van der Waals surface area contributed by atoms with Crippen LogP contribution in [0.2, 0.25) is 0 Å². The number of H-pyrrole nitrogens is 1. The summed E-state index contributed by atoms with van der Waals surface area (Å²) in [6, 6.07) is 0.642. The second-order valence-electron chi connectivity index (χ2n) is 4.56. The molecule has 2 nitrogen and oxygen atoms in total. The standard InChI is InChI=1S/C11H18N2S/c1-8-3-5-10(6-4-8)13-7-9(2)12-11(13)14/h7-8,10H,3-6H2,1-2H3,(H,12,14). The van der Waals surface area contributed by atoms with Crippen molar-refractivity contribution in [1.29, 1.82) is 0 Å². The number of aryl methyl sites for hydroxylation is 1. The van der Waals surface area contributed by atoms with Crippen molar-refractivity contribution in [3.8, 4) is 0 Å². The first-order valence-electron chi connectivity index (χ1n) is 5.44. The Bertz CT molecular complexity index is 356. The molecule has 0 bridgehead atoms. The molecule has 14 heavy (non-hydrogen) atoms. The second-order valence-corrected chi connectivity index (χ2v) is 4.95. The maximum absolute atomic E-state index is 5.29. The van der Waals surface area contributed by atoms with Crippen molar-refractivity contribution in [1.82, 2.24) is 9.55 Å². The van der Waals surface area contributed by atoms with E-state index in [0.29, 0.717) is 6.04 Å². The maximum atomic E-state index is 5.29. The summed E-state index contributed by atoms with van der Waals surface area (Å²) in [7, 11) is 0. The molecular formula is C11H18N2S. The summed E-state index contributed by atoms with van der Waals surface area (Å²) >= 11 is 5.29. The molecule has 0 aromatic carbocycles. The molecule has 0 radical (unpaired) electrons. The van der Waals surface area contributed by atoms with Crippen LogP contribution in [0.5, 0.6) is 0 Å². The van der Waals surface area contributed by atoms with Gasteiger partial charge < -0.3 is 9.55 Å². The summed E-state index contributed by atoms with van der Waals surface area (Å²) in [5.41, 5.74) is 1.17. The predicted molar refractivity (Wildman–Crippen MR) is 61.0 cm³/mol. The Kier molecular flexibility index (Phi) is 2.77. The SMILES string of the molecule is Cc1cn(C2CCC(C)CC2)c(=S)[nH]1. The molecule has 78 valence electrons. The van der Waals surface area contributed by atoms with Crippen molar-refractivity contribution in [2.45, 2.75) is 45.6 Å². The molecule has 1 fully saturated rings. The number of nitrogens with one attached hydrogen (secondary N) is 1. The first kappa shape index (κ1) is 9.97. The van der Waals surface area contributed by atoms with Gasteiger partial charge >= 0.3 is 0 Å². The third-order valence-electron chi connectivity index (χ3n) is 3.25. The lowest BCUT2D eigenvalue weighted by Crippen LogP contribution is -2.16. The molecule has 1 aromatic heterocycles. The summed E-state index contributed by atoms with van der Waals surface area (Å²) < 4.78 is 3.14. The van der Waals surface area contributed by atoms with Gasteiger partial charge in [-0.15, -0.1) is 0 Å². The van der Waals surface area contributed by atoms with E-state index in [1.165, 1.54) is 31.4 Å². The quantitative estimate of drug-likeness (QED) is 0.702. The second kappa shape index (κ2) is 3.89. The van der Waals surface area contributed by atoms with Crippen molar-refractivity contribution in [2.24, 2.45) is 5.92 Å². The number of rotatable bonds is 1. The zero-order valence-electron chi connectivity index (χ0n) is 8.92. The van der Waals surface area contributed by atoms with E-state index in [4.69, 9.17) is 12.2 Å². The number of hydrogen-bond donors (Lipinski definition) is 1. The maximum Gasteiger partial charge on any atom is 0.177 e. The molecule has 1 aliphatic rings. The van der Waals surface area contributed by atoms with E-state index < -0.39 is 0 Å². The van der Waals surface area contributed by atoms with Crippen molar-refractivity contribution in [3.63, 3.8) is 0 Å². The Hall–Kier alpha value is -0.570. The molecule has 0 spiro atoms. The highest BCUT2D eigenvalue weighted by molar-refractivity contribution is 7.71. The fraction of sp³-hybridized carbons (Fsp3) is 0.727. The Labute approximate surface area is 90.3 Å². The van der Waals surface area contributed by atoms with Crippen LogP contribution < -0.4 is 0 Å². The average Bonchev–Trinajstić information content (AvgIpc) is 2.47. The first-order chi connectivity index (χ1) is 6.66. The van der Waals surface area contributed by atoms with E-state index >= 15 is 0 Å². The van der Waals surface area contributed by atoms with Gasteiger partial charge in [0.2, 0.25) is 0 Å². The highest BCUT2D eigenvalue weighted by Gasteiger charge is 2.19. The minimum absolute atomic E-state index is 0.642. The van der Waals surface area contributed by atoms with E-state index in [0.717, 1.165) is 10.7 Å². The molecule has 1 aromatic rings. The topological polar surface area (TPSA) is 20.7 Å². The molecule has 1 aliphatic carbocycles. The van der Waals surface area contributed by atoms with E-state index in [-0.39, 0.29) is 0 Å². The summed E-state index contributed by atoms with van der Waals surface area (Å²) in [5, 5.41) is 0.